The van der Waals surface area contributed by atoms with Gasteiger partial charge in [0, 0.05) is 0 Å². The van der Waals surface area contributed by atoms with E-state index >= 15 is 0 Å². The Morgan fingerprint density at radius 3 is 2.22 bits per heavy atom. The average Bonchev–Trinajstić information content (AvgIpc) is 1.67. The molecule has 0 unspecified atom stereocenters. The predicted molar refractivity (Wildman–Crippen MR) is 33.3 cm³/mol. The Balaban J connectivity index is 0. The van der Waals surface area contributed by atoms with Gasteiger partial charge in [0.2, 0.25) is 0 Å². The van der Waals surface area contributed by atoms with Gasteiger partial charge < -0.3 is 0 Å². The van der Waals surface area contributed by atoms with Crippen LogP contribution in [-0.4, -0.2) is 43.7 Å². The molecule has 0 saturated heterocycles. The molecular weight excluding hydrogens is 158 g/mol. The van der Waals surface area contributed by atoms with Gasteiger partial charge in [-0.2, -0.15) is 8.42 Å². The molecule has 0 aromatic heterocycles. The monoisotopic (exact) mass is 164 g/mol. The fraction of sp³-hybridized carbons (Fsp3) is 0.333. The second-order valence-corrected chi connectivity index (χ2v) is 2.65. The van der Waals surface area contributed by atoms with E-state index in [1.165, 1.54) is 0 Å². The van der Waals surface area contributed by atoms with Gasteiger partial charge in [-0.25, -0.2) is 0 Å². The van der Waals surface area contributed by atoms with E-state index in [9.17, 15) is 12.9 Å². The zero-order valence-corrected chi connectivity index (χ0v) is 4.82. The van der Waals surface area contributed by atoms with Gasteiger partial charge in [0.1, 0.15) is 0 Å². The molecule has 0 aliphatic rings. The summed E-state index contributed by atoms with van der Waals surface area (Å²) < 4.78 is 33.3. The van der Waals surface area contributed by atoms with E-state index in [0.29, 0.717) is 0 Å². The molecule has 50 valence electrons. The molecule has 6 heteroatoms. The Morgan fingerprint density at radius 1 is 1.67 bits per heavy atom. The van der Waals surface area contributed by atoms with E-state index in [1.807, 2.05) is 0 Å². The van der Waals surface area contributed by atoms with E-state index in [-0.39, 0.29) is 29.6 Å². The topological polar surface area (TPSA) is 43.4 Å². The van der Waals surface area contributed by atoms with E-state index in [4.69, 9.17) is 0 Å². The Kier molecular flexibility index (Phi) is 7.33. The van der Waals surface area contributed by atoms with Gasteiger partial charge >= 0.3 is 39.7 Å². The van der Waals surface area contributed by atoms with Gasteiger partial charge in [-0.1, -0.05) is 10.5 Å². The summed E-state index contributed by atoms with van der Waals surface area (Å²) in [4.78, 5) is 0. The Bertz CT molecular complexity index is 164. The molecule has 0 aromatic carbocycles. The summed E-state index contributed by atoms with van der Waals surface area (Å²) in [5.41, 5.74) is 0. The molecule has 0 saturated carbocycles. The third-order valence-electron chi connectivity index (χ3n) is 0.418. The maximum atomic E-state index is 10.8. The molecule has 0 fully saturated rings. The van der Waals surface area contributed by atoms with E-state index in [2.05, 4.69) is 11.0 Å². The SMILES string of the molecule is C=CCS(=O)(=O)OF.[NaH]. The van der Waals surface area contributed by atoms with E-state index < -0.39 is 15.9 Å². The van der Waals surface area contributed by atoms with Crippen molar-refractivity contribution in [1.29, 1.82) is 0 Å². The van der Waals surface area contributed by atoms with Crippen LogP contribution in [0.5, 0.6) is 0 Å². The molecule has 0 aromatic rings. The molecule has 0 aliphatic carbocycles. The summed E-state index contributed by atoms with van der Waals surface area (Å²) >= 11 is 0. The molecule has 0 aliphatic heterocycles. The van der Waals surface area contributed by atoms with Crippen LogP contribution in [0.1, 0.15) is 0 Å². The third-order valence-corrected chi connectivity index (χ3v) is 1.25. The second-order valence-electron chi connectivity index (χ2n) is 1.08. The molecule has 0 spiro atoms. The summed E-state index contributed by atoms with van der Waals surface area (Å²) in [5, 5.41) is 0. The van der Waals surface area contributed by atoms with Crippen LogP contribution in [0.15, 0.2) is 12.7 Å². The molecule has 0 atom stereocenters. The molecule has 0 amide bonds. The van der Waals surface area contributed by atoms with Crippen molar-refractivity contribution in [3.63, 3.8) is 0 Å². The second kappa shape index (κ2) is 5.37. The Labute approximate surface area is 75.2 Å². The van der Waals surface area contributed by atoms with Crippen molar-refractivity contribution >= 4 is 39.7 Å². The number of hydrogen-bond acceptors (Lipinski definition) is 3. The fourth-order valence-corrected chi connectivity index (χ4v) is 0.510. The first-order valence-corrected chi connectivity index (χ1v) is 3.34. The zero-order chi connectivity index (χ0) is 6.62. The number of rotatable bonds is 3. The normalized spacial score (nSPS) is 9.89. The van der Waals surface area contributed by atoms with Crippen molar-refractivity contribution in [2.75, 3.05) is 5.75 Å². The van der Waals surface area contributed by atoms with Crippen LogP contribution in [-0.2, 0) is 14.5 Å². The van der Waals surface area contributed by atoms with Crippen LogP contribution in [0.3, 0.4) is 0 Å². The first kappa shape index (κ1) is 12.3. The molecule has 9 heavy (non-hydrogen) atoms. The van der Waals surface area contributed by atoms with Crippen LogP contribution < -0.4 is 0 Å². The summed E-state index contributed by atoms with van der Waals surface area (Å²) in [6.07, 6.45) is 1.04. The minimum absolute atomic E-state index is 0. The van der Waals surface area contributed by atoms with Crippen LogP contribution in [0, 0.1) is 0 Å². The first-order chi connectivity index (χ1) is 3.62. The number of halogens is 1. The maximum absolute atomic E-state index is 10.8. The van der Waals surface area contributed by atoms with Crippen molar-refractivity contribution in [2.45, 2.75) is 0 Å². The van der Waals surface area contributed by atoms with Crippen molar-refractivity contribution in [1.82, 2.24) is 0 Å². The van der Waals surface area contributed by atoms with Gasteiger partial charge in [-0.05, 0) is 4.53 Å². The van der Waals surface area contributed by atoms with Gasteiger partial charge in [-0.15, -0.1) is 6.58 Å². The Morgan fingerprint density at radius 2 is 2.11 bits per heavy atom. The van der Waals surface area contributed by atoms with E-state index in [0.717, 1.165) is 6.08 Å². The fourth-order valence-electron chi connectivity index (χ4n) is 0.170. The number of hydrogen-bond donors (Lipinski definition) is 0. The first-order valence-electron chi connectivity index (χ1n) is 1.76. The average molecular weight is 164 g/mol. The van der Waals surface area contributed by atoms with Crippen molar-refractivity contribution < 1.29 is 17.3 Å². The van der Waals surface area contributed by atoms with Crippen molar-refractivity contribution in [2.24, 2.45) is 0 Å². The Hall–Kier alpha value is 0.580. The summed E-state index contributed by atoms with van der Waals surface area (Å²) in [6.45, 7) is 3.07. The molecular formula is C3H6FNaO3S. The summed E-state index contributed by atoms with van der Waals surface area (Å²) in [6, 6.07) is 0. The van der Waals surface area contributed by atoms with Gasteiger partial charge in [-0.3, -0.25) is 0 Å². The quantitative estimate of drug-likeness (QED) is 0.427. The molecule has 0 bridgehead atoms. The summed E-state index contributed by atoms with van der Waals surface area (Å²) in [5.74, 6) is -0.497. The molecule has 0 radical (unpaired) electrons. The standard InChI is InChI=1S/C3H5FO3S.Na.H/c1-2-3-8(5,6)7-4;;/h2H,1,3H2;;. The molecule has 0 N–H and O–H groups in total. The molecule has 3 nitrogen and oxygen atoms in total. The van der Waals surface area contributed by atoms with Gasteiger partial charge in [0.15, 0.2) is 0 Å². The van der Waals surface area contributed by atoms with Crippen LogP contribution in [0.2, 0.25) is 0 Å². The molecule has 0 rings (SSSR count). The van der Waals surface area contributed by atoms with Gasteiger partial charge in [0.05, 0.1) is 5.75 Å². The minimum atomic E-state index is -3.95. The van der Waals surface area contributed by atoms with Crippen LogP contribution in [0.4, 0.5) is 4.53 Å². The van der Waals surface area contributed by atoms with Gasteiger partial charge in [0.25, 0.3) is 0 Å². The van der Waals surface area contributed by atoms with Crippen LogP contribution >= 0.6 is 0 Å². The zero-order valence-electron chi connectivity index (χ0n) is 4.00. The van der Waals surface area contributed by atoms with Crippen molar-refractivity contribution in [3.05, 3.63) is 12.7 Å². The van der Waals surface area contributed by atoms with E-state index in [1.54, 1.807) is 0 Å². The third kappa shape index (κ3) is 6.47. The van der Waals surface area contributed by atoms with Crippen LogP contribution in [0.25, 0.3) is 0 Å². The summed E-state index contributed by atoms with van der Waals surface area (Å²) in [7, 11) is -3.95. The molecule has 0 heterocycles. The van der Waals surface area contributed by atoms with Crippen molar-refractivity contribution in [3.8, 4) is 0 Å². The predicted octanol–water partition coefficient (Wildman–Crippen LogP) is -0.245.